The van der Waals surface area contributed by atoms with Gasteiger partial charge in [-0.25, -0.2) is 0 Å². The quantitative estimate of drug-likeness (QED) is 0.525. The average Bonchev–Trinajstić information content (AvgIpc) is 2.83. The summed E-state index contributed by atoms with van der Waals surface area (Å²) >= 11 is 0. The fourth-order valence-electron chi connectivity index (χ4n) is 2.33. The van der Waals surface area contributed by atoms with E-state index in [0.29, 0.717) is 6.61 Å². The van der Waals surface area contributed by atoms with Crippen molar-refractivity contribution >= 4 is 5.78 Å². The van der Waals surface area contributed by atoms with Gasteiger partial charge in [-0.3, -0.25) is 4.79 Å². The van der Waals surface area contributed by atoms with E-state index in [1.165, 1.54) is 0 Å². The summed E-state index contributed by atoms with van der Waals surface area (Å²) in [6.45, 7) is 2.28. The number of fused-ring (bicyclic) bond motifs is 3. The molecule has 3 fully saturated rings. The number of ketones is 1. The van der Waals surface area contributed by atoms with Crippen molar-refractivity contribution in [2.45, 2.75) is 30.3 Å². The van der Waals surface area contributed by atoms with Crippen LogP contribution in [0.15, 0.2) is 0 Å². The Bertz CT molecular complexity index is 272. The lowest BCUT2D eigenvalue weighted by Gasteiger charge is -2.07. The maximum atomic E-state index is 11.6. The standard InChI is InChI=1S/C8H10O4/c1-7-6-4(11-6)5(9)8(7,12-7)3-10-2/h4,6H,3H2,1-2H3. The van der Waals surface area contributed by atoms with E-state index in [4.69, 9.17) is 14.2 Å². The number of carbonyl (C=O) groups is 1. The zero-order chi connectivity index (χ0) is 8.56. The predicted octanol–water partition coefficient (Wildman–Crippen LogP) is -0.489. The Kier molecular flexibility index (Phi) is 0.932. The van der Waals surface area contributed by atoms with Gasteiger partial charge in [-0.1, -0.05) is 0 Å². The second-order valence-corrected chi connectivity index (χ2v) is 3.81. The Balaban J connectivity index is 1.96. The minimum Gasteiger partial charge on any atom is -0.381 e. The van der Waals surface area contributed by atoms with Crippen molar-refractivity contribution in [2.75, 3.05) is 13.7 Å². The van der Waals surface area contributed by atoms with Crippen LogP contribution in [0.2, 0.25) is 0 Å². The first-order valence-corrected chi connectivity index (χ1v) is 4.04. The van der Waals surface area contributed by atoms with E-state index >= 15 is 0 Å². The van der Waals surface area contributed by atoms with Gasteiger partial charge in [0, 0.05) is 7.11 Å². The van der Waals surface area contributed by atoms with Crippen LogP contribution in [-0.4, -0.2) is 42.9 Å². The number of Topliss-reactive ketones (excluding diaryl/α,β-unsaturated/α-hetero) is 1. The Morgan fingerprint density at radius 3 is 2.92 bits per heavy atom. The van der Waals surface area contributed by atoms with E-state index in [2.05, 4.69) is 0 Å². The molecular weight excluding hydrogens is 160 g/mol. The first-order valence-electron chi connectivity index (χ1n) is 4.04. The minimum atomic E-state index is -0.657. The third-order valence-electron chi connectivity index (χ3n) is 3.18. The maximum absolute atomic E-state index is 11.6. The molecule has 2 heterocycles. The summed E-state index contributed by atoms with van der Waals surface area (Å²) in [5, 5.41) is 0. The van der Waals surface area contributed by atoms with Crippen molar-refractivity contribution in [3.8, 4) is 0 Å². The molecule has 4 nitrogen and oxygen atoms in total. The highest BCUT2D eigenvalue weighted by Crippen LogP contribution is 2.64. The molecule has 3 aliphatic rings. The molecule has 0 aromatic rings. The van der Waals surface area contributed by atoms with Crippen LogP contribution in [-0.2, 0) is 19.0 Å². The molecule has 3 rings (SSSR count). The second-order valence-electron chi connectivity index (χ2n) is 3.81. The SMILES string of the molecule is COCC12OC1(C)C1OC1C2=O. The van der Waals surface area contributed by atoms with Crippen LogP contribution in [0.3, 0.4) is 0 Å². The number of hydrogen-bond donors (Lipinski definition) is 0. The molecule has 0 aromatic carbocycles. The van der Waals surface area contributed by atoms with Crippen molar-refractivity contribution in [2.24, 2.45) is 0 Å². The van der Waals surface area contributed by atoms with Gasteiger partial charge in [0.05, 0.1) is 6.61 Å². The lowest BCUT2D eigenvalue weighted by atomic mass is 9.97. The Morgan fingerprint density at radius 2 is 2.42 bits per heavy atom. The second kappa shape index (κ2) is 1.60. The molecule has 0 aromatic heterocycles. The van der Waals surface area contributed by atoms with Crippen molar-refractivity contribution in [3.63, 3.8) is 0 Å². The van der Waals surface area contributed by atoms with Gasteiger partial charge in [0.25, 0.3) is 0 Å². The Labute approximate surface area is 69.8 Å². The monoisotopic (exact) mass is 170 g/mol. The largest absolute Gasteiger partial charge is 0.381 e. The number of hydrogen-bond acceptors (Lipinski definition) is 4. The molecule has 4 unspecified atom stereocenters. The van der Waals surface area contributed by atoms with Crippen molar-refractivity contribution in [1.82, 2.24) is 0 Å². The predicted molar refractivity (Wildman–Crippen MR) is 37.8 cm³/mol. The fourth-order valence-corrected chi connectivity index (χ4v) is 2.33. The zero-order valence-corrected chi connectivity index (χ0v) is 6.99. The summed E-state index contributed by atoms with van der Waals surface area (Å²) in [6, 6.07) is 0. The average molecular weight is 170 g/mol. The molecule has 1 saturated carbocycles. The van der Waals surface area contributed by atoms with E-state index in [-0.39, 0.29) is 23.6 Å². The summed E-state index contributed by atoms with van der Waals surface area (Å²) in [5.41, 5.74) is -1.04. The van der Waals surface area contributed by atoms with Gasteiger partial charge in [-0.05, 0) is 6.92 Å². The van der Waals surface area contributed by atoms with Crippen LogP contribution >= 0.6 is 0 Å². The number of rotatable bonds is 2. The lowest BCUT2D eigenvalue weighted by molar-refractivity contribution is -0.127. The molecule has 66 valence electrons. The van der Waals surface area contributed by atoms with Gasteiger partial charge < -0.3 is 14.2 Å². The summed E-state index contributed by atoms with van der Waals surface area (Å²) < 4.78 is 15.6. The number of methoxy groups -OCH3 is 1. The van der Waals surface area contributed by atoms with E-state index < -0.39 is 5.60 Å². The van der Waals surface area contributed by atoms with E-state index in [9.17, 15) is 4.79 Å². The Morgan fingerprint density at radius 1 is 1.67 bits per heavy atom. The molecular formula is C8H10O4. The lowest BCUT2D eigenvalue weighted by Crippen LogP contribution is -2.35. The molecule has 4 atom stereocenters. The summed E-state index contributed by atoms with van der Waals surface area (Å²) in [4.78, 5) is 11.6. The third-order valence-corrected chi connectivity index (χ3v) is 3.18. The van der Waals surface area contributed by atoms with Crippen LogP contribution in [0.1, 0.15) is 6.92 Å². The molecule has 0 bridgehead atoms. The molecule has 0 radical (unpaired) electrons. The third kappa shape index (κ3) is 0.470. The van der Waals surface area contributed by atoms with Crippen molar-refractivity contribution in [3.05, 3.63) is 0 Å². The van der Waals surface area contributed by atoms with Gasteiger partial charge in [-0.2, -0.15) is 0 Å². The summed E-state index contributed by atoms with van der Waals surface area (Å²) in [7, 11) is 1.58. The normalized spacial score (nSPS) is 59.7. The Hall–Kier alpha value is -0.450. The van der Waals surface area contributed by atoms with E-state index in [0.717, 1.165) is 0 Å². The zero-order valence-electron chi connectivity index (χ0n) is 6.99. The first-order chi connectivity index (χ1) is 5.66. The molecule has 2 aliphatic heterocycles. The van der Waals surface area contributed by atoms with E-state index in [1.54, 1.807) is 7.11 Å². The number of ether oxygens (including phenoxy) is 3. The van der Waals surface area contributed by atoms with Crippen molar-refractivity contribution < 1.29 is 19.0 Å². The number of epoxide rings is 2. The smallest absolute Gasteiger partial charge is 0.201 e. The van der Waals surface area contributed by atoms with Gasteiger partial charge in [0.15, 0.2) is 5.60 Å². The van der Waals surface area contributed by atoms with Gasteiger partial charge in [0.1, 0.15) is 17.8 Å². The van der Waals surface area contributed by atoms with Gasteiger partial charge >= 0.3 is 0 Å². The highest BCUT2D eigenvalue weighted by Gasteiger charge is 2.89. The molecule has 2 saturated heterocycles. The maximum Gasteiger partial charge on any atom is 0.201 e. The van der Waals surface area contributed by atoms with Gasteiger partial charge in [0.2, 0.25) is 5.78 Å². The highest BCUT2D eigenvalue weighted by molar-refractivity contribution is 6.02. The molecule has 12 heavy (non-hydrogen) atoms. The van der Waals surface area contributed by atoms with Crippen LogP contribution in [0.25, 0.3) is 0 Å². The first kappa shape index (κ1) is 7.00. The summed E-state index contributed by atoms with van der Waals surface area (Å²) in [5.74, 6) is 0.0665. The summed E-state index contributed by atoms with van der Waals surface area (Å²) in [6.07, 6.45) is -0.195. The van der Waals surface area contributed by atoms with Crippen LogP contribution < -0.4 is 0 Å². The molecule has 0 N–H and O–H groups in total. The highest BCUT2D eigenvalue weighted by atomic mass is 16.7. The topological polar surface area (TPSA) is 51.4 Å². The van der Waals surface area contributed by atoms with E-state index in [1.807, 2.05) is 6.92 Å². The van der Waals surface area contributed by atoms with Gasteiger partial charge in [-0.15, -0.1) is 0 Å². The number of carbonyl (C=O) groups excluding carboxylic acids is 1. The van der Waals surface area contributed by atoms with Crippen molar-refractivity contribution in [1.29, 1.82) is 0 Å². The van der Waals surface area contributed by atoms with Crippen LogP contribution in [0, 0.1) is 0 Å². The molecule has 0 amide bonds. The van der Waals surface area contributed by atoms with Crippen LogP contribution in [0.5, 0.6) is 0 Å². The minimum absolute atomic E-state index is 0.000139. The molecule has 4 heteroatoms. The van der Waals surface area contributed by atoms with Crippen LogP contribution in [0.4, 0.5) is 0 Å². The molecule has 0 spiro atoms. The molecule has 1 aliphatic carbocycles. The fraction of sp³-hybridized carbons (Fsp3) is 0.875.